The highest BCUT2D eigenvalue weighted by molar-refractivity contribution is 6.47. The van der Waals surface area contributed by atoms with Crippen LogP contribution in [0.3, 0.4) is 0 Å². The van der Waals surface area contributed by atoms with Crippen LogP contribution in [0.25, 0.3) is 0 Å². The first-order valence-corrected chi connectivity index (χ1v) is 12.0. The Morgan fingerprint density at radius 3 is 2.24 bits per heavy atom. The normalized spacial score (nSPS) is 13.1. The molecule has 2 N–H and O–H groups in total. The lowest BCUT2D eigenvalue weighted by Crippen LogP contribution is -2.33. The number of para-hydroxylation sites is 1. The zero-order valence-electron chi connectivity index (χ0n) is 20.0. The molecule has 3 aromatic carbocycles. The van der Waals surface area contributed by atoms with Crippen molar-refractivity contribution in [1.29, 1.82) is 0 Å². The second-order valence-electron chi connectivity index (χ2n) is 8.14. The summed E-state index contributed by atoms with van der Waals surface area (Å²) in [6.07, 6.45) is 0. The van der Waals surface area contributed by atoms with Crippen LogP contribution in [0.4, 0.5) is 5.69 Å². The summed E-state index contributed by atoms with van der Waals surface area (Å²) in [5.41, 5.74) is 2.61. The van der Waals surface area contributed by atoms with E-state index in [0.717, 1.165) is 16.0 Å². The smallest absolute Gasteiger partial charge is 0.340 e. The highest BCUT2D eigenvalue weighted by Crippen LogP contribution is 2.24. The maximum Gasteiger partial charge on any atom is 0.340 e. The summed E-state index contributed by atoms with van der Waals surface area (Å²) in [5.74, 6) is -1.95. The monoisotopic (exact) mass is 517 g/mol. The number of amides is 3. The summed E-state index contributed by atoms with van der Waals surface area (Å²) in [6, 6.07) is 22.5. The van der Waals surface area contributed by atoms with Gasteiger partial charge in [-0.15, -0.1) is 0 Å². The van der Waals surface area contributed by atoms with E-state index >= 15 is 0 Å². The molecule has 3 amide bonds. The van der Waals surface area contributed by atoms with E-state index in [-0.39, 0.29) is 36.0 Å². The van der Waals surface area contributed by atoms with E-state index in [1.807, 2.05) is 30.3 Å². The van der Waals surface area contributed by atoms with Crippen LogP contribution in [-0.2, 0) is 27.4 Å². The number of hydrogen-bond donors (Lipinski definition) is 2. The zero-order chi connectivity index (χ0) is 26.4. The molecule has 0 aromatic heterocycles. The van der Waals surface area contributed by atoms with Crippen molar-refractivity contribution >= 4 is 41.0 Å². The molecule has 1 aliphatic rings. The van der Waals surface area contributed by atoms with Crippen LogP contribution in [0.15, 0.2) is 89.6 Å². The lowest BCUT2D eigenvalue weighted by atomic mass is 10.1. The number of nitrogens with one attached hydrogen (secondary N) is 2. The second kappa shape index (κ2) is 11.5. The summed E-state index contributed by atoms with van der Waals surface area (Å²) < 4.78 is 5.04. The average Bonchev–Trinajstić information content (AvgIpc) is 3.11. The minimum Gasteiger partial charge on any atom is -0.462 e. The van der Waals surface area contributed by atoms with Crippen LogP contribution in [0.1, 0.15) is 38.8 Å². The van der Waals surface area contributed by atoms with Gasteiger partial charge in [-0.1, -0.05) is 66.2 Å². The van der Waals surface area contributed by atoms with Crippen molar-refractivity contribution in [2.75, 3.05) is 11.9 Å². The van der Waals surface area contributed by atoms with Crippen LogP contribution in [-0.4, -0.2) is 35.2 Å². The second-order valence-corrected chi connectivity index (χ2v) is 8.52. The molecule has 0 atom stereocenters. The maximum absolute atomic E-state index is 12.8. The molecule has 0 spiro atoms. The molecule has 4 rings (SSSR count). The number of nitrogens with zero attached hydrogens (tertiary/aromatic N) is 1. The van der Waals surface area contributed by atoms with Gasteiger partial charge in [0, 0.05) is 12.1 Å². The fourth-order valence-electron chi connectivity index (χ4n) is 3.75. The third-order valence-electron chi connectivity index (χ3n) is 5.65. The quantitative estimate of drug-likeness (QED) is 0.325. The predicted octanol–water partition coefficient (Wildman–Crippen LogP) is 4.22. The standard InChI is InChI=1S/C28H24ClN3O5/c1-2-37-28(36)21-10-6-7-11-22(21)31-25(33)20-14-12-18(13-15-20)16-30-24-23(29)26(34)32(27(24)35)17-19-8-4-3-5-9-19/h3-15,30H,2,16-17H2,1H3,(H,31,33). The van der Waals surface area contributed by atoms with Gasteiger partial charge < -0.3 is 15.4 Å². The Morgan fingerprint density at radius 1 is 0.865 bits per heavy atom. The number of ether oxygens (including phenoxy) is 1. The van der Waals surface area contributed by atoms with E-state index in [1.165, 1.54) is 0 Å². The van der Waals surface area contributed by atoms with Gasteiger partial charge in [0.05, 0.1) is 24.4 Å². The Labute approximate surface area is 218 Å². The number of benzene rings is 3. The molecule has 9 heteroatoms. The molecule has 8 nitrogen and oxygen atoms in total. The average molecular weight is 518 g/mol. The lowest BCUT2D eigenvalue weighted by molar-refractivity contribution is -0.138. The molecule has 1 aliphatic heterocycles. The van der Waals surface area contributed by atoms with Crippen molar-refractivity contribution < 1.29 is 23.9 Å². The van der Waals surface area contributed by atoms with Crippen molar-refractivity contribution in [3.8, 4) is 0 Å². The van der Waals surface area contributed by atoms with Crippen molar-refractivity contribution in [2.45, 2.75) is 20.0 Å². The van der Waals surface area contributed by atoms with Crippen LogP contribution in [0.2, 0.25) is 0 Å². The molecule has 0 saturated heterocycles. The molecule has 0 saturated carbocycles. The van der Waals surface area contributed by atoms with Crippen molar-refractivity contribution in [3.05, 3.63) is 112 Å². The van der Waals surface area contributed by atoms with E-state index in [2.05, 4.69) is 10.6 Å². The first kappa shape index (κ1) is 25.7. The Balaban J connectivity index is 1.38. The topological polar surface area (TPSA) is 105 Å². The Hall–Kier alpha value is -4.43. The Kier molecular flexibility index (Phi) is 8.00. The van der Waals surface area contributed by atoms with E-state index in [0.29, 0.717) is 11.3 Å². The minimum atomic E-state index is -0.548. The van der Waals surface area contributed by atoms with Gasteiger partial charge in [-0.2, -0.15) is 0 Å². The van der Waals surface area contributed by atoms with Gasteiger partial charge in [0.15, 0.2) is 0 Å². The van der Waals surface area contributed by atoms with E-state index < -0.39 is 23.7 Å². The summed E-state index contributed by atoms with van der Waals surface area (Å²) in [7, 11) is 0. The molecule has 0 aliphatic carbocycles. The molecular formula is C28H24ClN3O5. The van der Waals surface area contributed by atoms with Gasteiger partial charge in [-0.05, 0) is 42.3 Å². The summed E-state index contributed by atoms with van der Waals surface area (Å²) >= 11 is 6.17. The molecule has 1 heterocycles. The molecule has 0 radical (unpaired) electrons. The zero-order valence-corrected chi connectivity index (χ0v) is 20.7. The van der Waals surface area contributed by atoms with Gasteiger partial charge in [0.25, 0.3) is 17.7 Å². The predicted molar refractivity (Wildman–Crippen MR) is 139 cm³/mol. The summed E-state index contributed by atoms with van der Waals surface area (Å²) in [5, 5.41) is 5.53. The first-order chi connectivity index (χ1) is 17.9. The minimum absolute atomic E-state index is 0.0417. The highest BCUT2D eigenvalue weighted by atomic mass is 35.5. The lowest BCUT2D eigenvalue weighted by Gasteiger charge is -2.15. The van der Waals surface area contributed by atoms with Crippen molar-refractivity contribution in [2.24, 2.45) is 0 Å². The highest BCUT2D eigenvalue weighted by Gasteiger charge is 2.37. The fourth-order valence-corrected chi connectivity index (χ4v) is 4.00. The van der Waals surface area contributed by atoms with Crippen LogP contribution >= 0.6 is 11.6 Å². The summed E-state index contributed by atoms with van der Waals surface area (Å²) in [4.78, 5) is 51.3. The molecule has 0 unspecified atom stereocenters. The Morgan fingerprint density at radius 2 is 1.54 bits per heavy atom. The van der Waals surface area contributed by atoms with E-state index in [1.54, 1.807) is 55.5 Å². The molecule has 0 bridgehead atoms. The van der Waals surface area contributed by atoms with E-state index in [4.69, 9.17) is 16.3 Å². The molecule has 3 aromatic rings. The number of rotatable bonds is 9. The number of carbonyl (C=O) groups is 4. The Bertz CT molecular complexity index is 1370. The summed E-state index contributed by atoms with van der Waals surface area (Å²) in [6.45, 7) is 2.28. The molecule has 188 valence electrons. The van der Waals surface area contributed by atoms with Crippen LogP contribution in [0, 0.1) is 0 Å². The third-order valence-corrected chi connectivity index (χ3v) is 6.00. The maximum atomic E-state index is 12.8. The molecule has 37 heavy (non-hydrogen) atoms. The van der Waals surface area contributed by atoms with Crippen molar-refractivity contribution in [1.82, 2.24) is 10.2 Å². The first-order valence-electron chi connectivity index (χ1n) is 11.6. The van der Waals surface area contributed by atoms with Crippen LogP contribution < -0.4 is 10.6 Å². The van der Waals surface area contributed by atoms with Gasteiger partial charge in [0.1, 0.15) is 10.7 Å². The number of imide groups is 1. The SMILES string of the molecule is CCOC(=O)c1ccccc1NC(=O)c1ccc(CNC2=C(Cl)C(=O)N(Cc3ccccc3)C2=O)cc1. The number of hydrogen-bond acceptors (Lipinski definition) is 6. The van der Waals surface area contributed by atoms with Crippen molar-refractivity contribution in [3.63, 3.8) is 0 Å². The van der Waals surface area contributed by atoms with Crippen LogP contribution in [0.5, 0.6) is 0 Å². The number of halogens is 1. The van der Waals surface area contributed by atoms with Gasteiger partial charge in [-0.3, -0.25) is 19.3 Å². The number of anilines is 1. The van der Waals surface area contributed by atoms with Gasteiger partial charge in [0.2, 0.25) is 0 Å². The van der Waals surface area contributed by atoms with Gasteiger partial charge in [-0.25, -0.2) is 4.79 Å². The third kappa shape index (κ3) is 5.87. The molecule has 0 fully saturated rings. The number of esters is 1. The number of carbonyl (C=O) groups excluding carboxylic acids is 4. The fraction of sp³-hybridized carbons (Fsp3) is 0.143. The largest absolute Gasteiger partial charge is 0.462 e. The van der Waals surface area contributed by atoms with E-state index in [9.17, 15) is 19.2 Å². The molecular weight excluding hydrogens is 494 g/mol. The van der Waals surface area contributed by atoms with Gasteiger partial charge >= 0.3 is 5.97 Å².